The minimum Gasteiger partial charge on any atom is -0.294 e. The first-order valence-electron chi connectivity index (χ1n) is 5.02. The molecule has 2 aromatic rings. The minimum absolute atomic E-state index is 0.0520. The topological polar surface area (TPSA) is 34.9 Å². The molecule has 0 saturated carbocycles. The van der Waals surface area contributed by atoms with Gasteiger partial charge in [-0.05, 0) is 17.7 Å². The number of aryl methyl sites for hydroxylation is 1. The van der Waals surface area contributed by atoms with Crippen molar-refractivity contribution in [1.29, 1.82) is 0 Å². The quantitative estimate of drug-likeness (QED) is 0.765. The molecule has 0 amide bonds. The van der Waals surface area contributed by atoms with E-state index in [-0.39, 0.29) is 12.0 Å². The maximum absolute atomic E-state index is 13.3. The van der Waals surface area contributed by atoms with Gasteiger partial charge in [0.15, 0.2) is 5.78 Å². The number of aromatic nitrogens is 2. The van der Waals surface area contributed by atoms with Crippen molar-refractivity contribution in [3.8, 4) is 0 Å². The van der Waals surface area contributed by atoms with Gasteiger partial charge in [-0.2, -0.15) is 5.10 Å². The van der Waals surface area contributed by atoms with Gasteiger partial charge in [0.1, 0.15) is 11.6 Å². The number of Topliss-reactive ketones (excluding diaryl/α,β-unsaturated/α-hetero) is 1. The lowest BCUT2D eigenvalue weighted by Gasteiger charge is -2.01. The zero-order chi connectivity index (χ0) is 12.4. The lowest BCUT2D eigenvalue weighted by Crippen LogP contribution is -2.06. The van der Waals surface area contributed by atoms with E-state index in [1.807, 2.05) is 0 Å². The Morgan fingerprint density at radius 2 is 2.18 bits per heavy atom. The van der Waals surface area contributed by atoms with E-state index in [4.69, 9.17) is 0 Å². The van der Waals surface area contributed by atoms with E-state index in [2.05, 4.69) is 5.10 Å². The van der Waals surface area contributed by atoms with Crippen LogP contribution in [0.2, 0.25) is 0 Å². The van der Waals surface area contributed by atoms with Crippen LogP contribution >= 0.6 is 0 Å². The zero-order valence-corrected chi connectivity index (χ0v) is 9.15. The Morgan fingerprint density at radius 3 is 2.76 bits per heavy atom. The number of benzene rings is 1. The third-order valence-corrected chi connectivity index (χ3v) is 2.35. The molecule has 0 aliphatic carbocycles. The number of hydrogen-bond donors (Lipinski definition) is 0. The first-order chi connectivity index (χ1) is 8.06. The van der Waals surface area contributed by atoms with Gasteiger partial charge < -0.3 is 0 Å². The van der Waals surface area contributed by atoms with Crippen LogP contribution in [0.15, 0.2) is 30.6 Å². The highest BCUT2D eigenvalue weighted by atomic mass is 19.1. The van der Waals surface area contributed by atoms with Crippen LogP contribution in [0.5, 0.6) is 0 Å². The summed E-state index contributed by atoms with van der Waals surface area (Å²) in [7, 11) is 1.73. The summed E-state index contributed by atoms with van der Waals surface area (Å²) in [5.41, 5.74) is 0.594. The van der Waals surface area contributed by atoms with Gasteiger partial charge in [-0.1, -0.05) is 0 Å². The molecular formula is C12H10F2N2O. The Bertz CT molecular complexity index is 563. The zero-order valence-electron chi connectivity index (χ0n) is 9.15. The molecule has 2 rings (SSSR count). The molecule has 88 valence electrons. The maximum atomic E-state index is 13.3. The van der Waals surface area contributed by atoms with E-state index in [0.717, 1.165) is 12.1 Å². The molecule has 3 nitrogen and oxygen atoms in total. The predicted octanol–water partition coefficient (Wildman–Crippen LogP) is 2.12. The van der Waals surface area contributed by atoms with Crippen molar-refractivity contribution in [2.24, 2.45) is 7.05 Å². The molecule has 0 unspecified atom stereocenters. The molecule has 0 aliphatic heterocycles. The Kier molecular flexibility index (Phi) is 2.99. The average molecular weight is 236 g/mol. The predicted molar refractivity (Wildman–Crippen MR) is 57.6 cm³/mol. The summed E-state index contributed by atoms with van der Waals surface area (Å²) in [6.07, 6.45) is 3.27. The number of rotatable bonds is 3. The molecule has 1 heterocycles. The van der Waals surface area contributed by atoms with E-state index in [1.54, 1.807) is 24.1 Å². The third-order valence-electron chi connectivity index (χ3n) is 2.35. The average Bonchev–Trinajstić information content (AvgIpc) is 2.63. The van der Waals surface area contributed by atoms with Gasteiger partial charge in [-0.25, -0.2) is 8.78 Å². The van der Waals surface area contributed by atoms with E-state index in [1.165, 1.54) is 0 Å². The lowest BCUT2D eigenvalue weighted by molar-refractivity contribution is 0.0989. The summed E-state index contributed by atoms with van der Waals surface area (Å²) in [5, 5.41) is 3.91. The number of carbonyl (C=O) groups excluding carboxylic acids is 1. The molecule has 17 heavy (non-hydrogen) atoms. The second kappa shape index (κ2) is 4.45. The fourth-order valence-electron chi connectivity index (χ4n) is 1.56. The molecule has 0 bridgehead atoms. The summed E-state index contributed by atoms with van der Waals surface area (Å²) < 4.78 is 27.6. The van der Waals surface area contributed by atoms with Gasteiger partial charge in [-0.3, -0.25) is 9.48 Å². The van der Waals surface area contributed by atoms with Crippen LogP contribution in [0.25, 0.3) is 0 Å². The molecule has 1 aromatic heterocycles. The van der Waals surface area contributed by atoms with Crippen LogP contribution in [0, 0.1) is 11.6 Å². The van der Waals surface area contributed by atoms with Crippen molar-refractivity contribution in [3.05, 3.63) is 53.4 Å². The SMILES string of the molecule is Cn1cc(CC(=O)c2ccc(F)cc2F)cn1. The highest BCUT2D eigenvalue weighted by Gasteiger charge is 2.13. The van der Waals surface area contributed by atoms with Crippen LogP contribution in [0.3, 0.4) is 0 Å². The van der Waals surface area contributed by atoms with Gasteiger partial charge >= 0.3 is 0 Å². The Labute approximate surface area is 96.7 Å². The standard InChI is InChI=1S/C12H10F2N2O/c1-16-7-8(6-15-16)4-12(17)10-3-2-9(13)5-11(10)14/h2-3,5-7H,4H2,1H3. The summed E-state index contributed by atoms with van der Waals surface area (Å²) >= 11 is 0. The molecule has 0 aliphatic rings. The molecule has 0 N–H and O–H groups in total. The van der Waals surface area contributed by atoms with Crippen molar-refractivity contribution in [2.45, 2.75) is 6.42 Å². The first-order valence-corrected chi connectivity index (χ1v) is 5.02. The number of carbonyl (C=O) groups is 1. The van der Waals surface area contributed by atoms with Crippen molar-refractivity contribution in [1.82, 2.24) is 9.78 Å². The van der Waals surface area contributed by atoms with Crippen molar-refractivity contribution in [3.63, 3.8) is 0 Å². The van der Waals surface area contributed by atoms with Crippen molar-refractivity contribution >= 4 is 5.78 Å². The highest BCUT2D eigenvalue weighted by Crippen LogP contribution is 2.12. The van der Waals surface area contributed by atoms with Crippen molar-refractivity contribution < 1.29 is 13.6 Å². The summed E-state index contributed by atoms with van der Waals surface area (Å²) in [6.45, 7) is 0. The van der Waals surface area contributed by atoms with Crippen LogP contribution in [-0.2, 0) is 13.5 Å². The van der Waals surface area contributed by atoms with Crippen molar-refractivity contribution in [2.75, 3.05) is 0 Å². The van der Waals surface area contributed by atoms with Gasteiger partial charge in [0.05, 0.1) is 11.8 Å². The first kappa shape index (κ1) is 11.4. The van der Waals surface area contributed by atoms with Gasteiger partial charge in [0.25, 0.3) is 0 Å². The Hall–Kier alpha value is -2.04. The molecule has 0 radical (unpaired) electrons. The minimum atomic E-state index is -0.834. The number of hydrogen-bond acceptors (Lipinski definition) is 2. The normalized spacial score (nSPS) is 10.5. The van der Waals surface area contributed by atoms with E-state index < -0.39 is 17.4 Å². The van der Waals surface area contributed by atoms with Gasteiger partial charge in [0.2, 0.25) is 0 Å². The second-order valence-corrected chi connectivity index (χ2v) is 3.75. The summed E-state index contributed by atoms with van der Waals surface area (Å²) in [4.78, 5) is 11.8. The smallest absolute Gasteiger partial charge is 0.170 e. The molecule has 0 atom stereocenters. The molecule has 0 fully saturated rings. The number of nitrogens with zero attached hydrogens (tertiary/aromatic N) is 2. The molecule has 0 saturated heterocycles. The highest BCUT2D eigenvalue weighted by molar-refractivity contribution is 5.97. The molecular weight excluding hydrogens is 226 g/mol. The molecule has 0 spiro atoms. The second-order valence-electron chi connectivity index (χ2n) is 3.75. The third kappa shape index (κ3) is 2.55. The van der Waals surface area contributed by atoms with E-state index >= 15 is 0 Å². The van der Waals surface area contributed by atoms with Crippen LogP contribution < -0.4 is 0 Å². The maximum Gasteiger partial charge on any atom is 0.170 e. The van der Waals surface area contributed by atoms with Crippen LogP contribution in [0.1, 0.15) is 15.9 Å². The molecule has 1 aromatic carbocycles. The van der Waals surface area contributed by atoms with Gasteiger partial charge in [0, 0.05) is 25.7 Å². The van der Waals surface area contributed by atoms with Crippen LogP contribution in [0.4, 0.5) is 8.78 Å². The Balaban J connectivity index is 2.20. The van der Waals surface area contributed by atoms with E-state index in [9.17, 15) is 13.6 Å². The van der Waals surface area contributed by atoms with Gasteiger partial charge in [-0.15, -0.1) is 0 Å². The monoisotopic (exact) mass is 236 g/mol. The largest absolute Gasteiger partial charge is 0.294 e. The molecule has 5 heteroatoms. The van der Waals surface area contributed by atoms with E-state index in [0.29, 0.717) is 11.6 Å². The summed E-state index contributed by atoms with van der Waals surface area (Å²) in [5.74, 6) is -1.92. The fraction of sp³-hybridized carbons (Fsp3) is 0.167. The fourth-order valence-corrected chi connectivity index (χ4v) is 1.56. The Morgan fingerprint density at radius 1 is 1.41 bits per heavy atom. The number of ketones is 1. The van der Waals surface area contributed by atoms with Crippen LogP contribution in [-0.4, -0.2) is 15.6 Å². The lowest BCUT2D eigenvalue weighted by atomic mass is 10.0. The summed E-state index contributed by atoms with van der Waals surface area (Å²) in [6, 6.07) is 2.93. The number of halogens is 2.